The van der Waals surface area contributed by atoms with Crippen molar-refractivity contribution in [1.82, 2.24) is 10.2 Å². The number of aliphatic hydroxyl groups excluding tert-OH is 1. The van der Waals surface area contributed by atoms with Gasteiger partial charge in [0.15, 0.2) is 4.34 Å². The zero-order valence-electron chi connectivity index (χ0n) is 23.5. The summed E-state index contributed by atoms with van der Waals surface area (Å²) in [7, 11) is 1.26. The molecule has 220 valence electrons. The van der Waals surface area contributed by atoms with Crippen LogP contribution >= 0.6 is 23.1 Å². The largest absolute Gasteiger partial charge is 0.507 e. The molecule has 1 N–H and O–H groups in total. The third-order valence-electron chi connectivity index (χ3n) is 7.37. The van der Waals surface area contributed by atoms with E-state index in [-0.39, 0.29) is 21.8 Å². The standard InChI is InChI=1S/C33H24FN3O5S2/c1-18-10-11-22(16-25(18)34)28(38)26-27(20-12-14-21(15-13-20)31(41)42-2)37(30(40)29(26)39)32-35-36-33(44-32)43-17-23-8-5-7-19-6-3-4-9-24(19)23/h3-16,27,38H,17H2,1-2H3/t27-/m0/s1. The van der Waals surface area contributed by atoms with Crippen molar-refractivity contribution in [3.8, 4) is 0 Å². The number of ketones is 1. The second kappa shape index (κ2) is 12.0. The van der Waals surface area contributed by atoms with Gasteiger partial charge in [0, 0.05) is 11.3 Å². The highest BCUT2D eigenvalue weighted by atomic mass is 32.2. The first-order chi connectivity index (χ1) is 21.3. The number of benzene rings is 4. The van der Waals surface area contributed by atoms with E-state index in [1.807, 2.05) is 36.4 Å². The fourth-order valence-corrected chi connectivity index (χ4v) is 6.95. The third-order valence-corrected chi connectivity index (χ3v) is 9.47. The quantitative estimate of drug-likeness (QED) is 0.0523. The molecular weight excluding hydrogens is 602 g/mol. The normalized spacial score (nSPS) is 16.1. The third kappa shape index (κ3) is 5.36. The van der Waals surface area contributed by atoms with Gasteiger partial charge in [-0.3, -0.25) is 14.5 Å². The van der Waals surface area contributed by atoms with Crippen LogP contribution in [0.25, 0.3) is 16.5 Å². The SMILES string of the molecule is COC(=O)c1ccc([C@H]2C(=C(O)c3ccc(C)c(F)c3)C(=O)C(=O)N2c2nnc(SCc3cccc4ccccc34)s2)cc1. The fraction of sp³-hybridized carbons (Fsp3) is 0.121. The highest BCUT2D eigenvalue weighted by molar-refractivity contribution is 8.00. The highest BCUT2D eigenvalue weighted by Gasteiger charge is 2.48. The second-order valence-electron chi connectivity index (χ2n) is 10.0. The molecule has 1 atom stereocenters. The van der Waals surface area contributed by atoms with E-state index in [0.29, 0.717) is 21.2 Å². The molecule has 8 nitrogen and oxygen atoms in total. The number of rotatable bonds is 7. The number of Topliss-reactive ketones (excluding diaryl/α,β-unsaturated/α-hetero) is 1. The summed E-state index contributed by atoms with van der Waals surface area (Å²) in [5.74, 6) is -2.92. The summed E-state index contributed by atoms with van der Waals surface area (Å²) in [6, 6.07) is 23.2. The maximum atomic E-state index is 14.4. The van der Waals surface area contributed by atoms with Gasteiger partial charge in [0.05, 0.1) is 24.3 Å². The van der Waals surface area contributed by atoms with Crippen LogP contribution in [-0.2, 0) is 20.1 Å². The molecule has 1 saturated heterocycles. The van der Waals surface area contributed by atoms with Crippen molar-refractivity contribution in [2.24, 2.45) is 0 Å². The van der Waals surface area contributed by atoms with Crippen LogP contribution in [0.2, 0.25) is 0 Å². The monoisotopic (exact) mass is 625 g/mol. The Kier molecular flexibility index (Phi) is 7.98. The van der Waals surface area contributed by atoms with Crippen LogP contribution in [0.15, 0.2) is 94.8 Å². The minimum atomic E-state index is -1.12. The first-order valence-corrected chi connectivity index (χ1v) is 15.3. The number of anilines is 1. The number of halogens is 1. The Hall–Kier alpha value is -4.87. The Morgan fingerprint density at radius 1 is 1.00 bits per heavy atom. The molecule has 0 saturated carbocycles. The Morgan fingerprint density at radius 2 is 1.73 bits per heavy atom. The molecule has 1 aliphatic rings. The maximum Gasteiger partial charge on any atom is 0.337 e. The maximum absolute atomic E-state index is 14.4. The average Bonchev–Trinajstić information content (AvgIpc) is 3.62. The summed E-state index contributed by atoms with van der Waals surface area (Å²) >= 11 is 2.59. The molecule has 44 heavy (non-hydrogen) atoms. The van der Waals surface area contributed by atoms with E-state index in [2.05, 4.69) is 16.3 Å². The van der Waals surface area contributed by atoms with Crippen molar-refractivity contribution in [2.75, 3.05) is 12.0 Å². The number of amides is 1. The van der Waals surface area contributed by atoms with Crippen LogP contribution in [0.1, 0.15) is 38.7 Å². The fourth-order valence-electron chi connectivity index (χ4n) is 5.08. The first-order valence-electron chi connectivity index (χ1n) is 13.5. The minimum absolute atomic E-state index is 0.0471. The molecule has 11 heteroatoms. The van der Waals surface area contributed by atoms with E-state index in [4.69, 9.17) is 4.74 Å². The predicted octanol–water partition coefficient (Wildman–Crippen LogP) is 6.84. The summed E-state index contributed by atoms with van der Waals surface area (Å²) < 4.78 is 19.8. The van der Waals surface area contributed by atoms with E-state index in [1.54, 1.807) is 19.1 Å². The summed E-state index contributed by atoms with van der Waals surface area (Å²) in [5.41, 5.74) is 1.97. The molecule has 1 amide bonds. The van der Waals surface area contributed by atoms with Crippen LogP contribution in [0.5, 0.6) is 0 Å². The molecule has 1 aromatic heterocycles. The zero-order valence-corrected chi connectivity index (χ0v) is 25.1. The van der Waals surface area contributed by atoms with E-state index < -0.39 is 35.3 Å². The van der Waals surface area contributed by atoms with Gasteiger partial charge in [0.25, 0.3) is 5.78 Å². The van der Waals surface area contributed by atoms with Crippen LogP contribution in [0.3, 0.4) is 0 Å². The number of nitrogens with zero attached hydrogens (tertiary/aromatic N) is 3. The predicted molar refractivity (Wildman–Crippen MR) is 167 cm³/mol. The number of hydrogen-bond acceptors (Lipinski definition) is 9. The number of ether oxygens (including phenoxy) is 1. The van der Waals surface area contributed by atoms with Crippen molar-refractivity contribution in [1.29, 1.82) is 0 Å². The summed E-state index contributed by atoms with van der Waals surface area (Å²) in [6.07, 6.45) is 0. The molecule has 0 radical (unpaired) electrons. The Bertz CT molecular complexity index is 1970. The number of aromatic nitrogens is 2. The lowest BCUT2D eigenvalue weighted by atomic mass is 9.94. The van der Waals surface area contributed by atoms with Crippen molar-refractivity contribution in [3.05, 3.63) is 124 Å². The number of esters is 1. The number of methoxy groups -OCH3 is 1. The van der Waals surface area contributed by atoms with E-state index in [1.165, 1.54) is 48.0 Å². The van der Waals surface area contributed by atoms with Gasteiger partial charge in [-0.1, -0.05) is 89.8 Å². The van der Waals surface area contributed by atoms with Gasteiger partial charge < -0.3 is 9.84 Å². The van der Waals surface area contributed by atoms with E-state index in [0.717, 1.165) is 33.7 Å². The van der Waals surface area contributed by atoms with Gasteiger partial charge in [-0.25, -0.2) is 9.18 Å². The lowest BCUT2D eigenvalue weighted by molar-refractivity contribution is -0.132. The molecule has 6 rings (SSSR count). The van der Waals surface area contributed by atoms with Crippen LogP contribution in [-0.4, -0.2) is 40.1 Å². The highest BCUT2D eigenvalue weighted by Crippen LogP contribution is 2.44. The van der Waals surface area contributed by atoms with Gasteiger partial charge in [0.2, 0.25) is 5.13 Å². The summed E-state index contributed by atoms with van der Waals surface area (Å²) in [6.45, 7) is 1.58. The molecule has 0 bridgehead atoms. The molecule has 0 spiro atoms. The first kappa shape index (κ1) is 29.2. The molecule has 2 heterocycles. The van der Waals surface area contributed by atoms with Crippen LogP contribution < -0.4 is 4.90 Å². The number of carbonyl (C=O) groups is 3. The average molecular weight is 626 g/mol. The van der Waals surface area contributed by atoms with E-state index >= 15 is 0 Å². The van der Waals surface area contributed by atoms with Gasteiger partial charge in [-0.15, -0.1) is 10.2 Å². The Balaban J connectivity index is 1.39. The van der Waals surface area contributed by atoms with Crippen molar-refractivity contribution < 1.29 is 28.6 Å². The molecular formula is C33H24FN3O5S2. The van der Waals surface area contributed by atoms with Gasteiger partial charge in [-0.05, 0) is 52.6 Å². The van der Waals surface area contributed by atoms with Crippen molar-refractivity contribution in [2.45, 2.75) is 23.1 Å². The number of aryl methyl sites for hydroxylation is 1. The molecule has 5 aromatic rings. The van der Waals surface area contributed by atoms with Gasteiger partial charge >= 0.3 is 11.9 Å². The number of carbonyl (C=O) groups excluding carboxylic acids is 3. The molecule has 1 aliphatic heterocycles. The Morgan fingerprint density at radius 3 is 2.48 bits per heavy atom. The van der Waals surface area contributed by atoms with E-state index in [9.17, 15) is 23.9 Å². The number of aliphatic hydroxyl groups is 1. The summed E-state index contributed by atoms with van der Waals surface area (Å²) in [5, 5.41) is 22.2. The molecule has 4 aromatic carbocycles. The lowest BCUT2D eigenvalue weighted by Gasteiger charge is -2.22. The summed E-state index contributed by atoms with van der Waals surface area (Å²) in [4.78, 5) is 40.2. The molecule has 1 fully saturated rings. The topological polar surface area (TPSA) is 110 Å². The number of hydrogen-bond donors (Lipinski definition) is 1. The van der Waals surface area contributed by atoms with Crippen LogP contribution in [0.4, 0.5) is 9.52 Å². The van der Waals surface area contributed by atoms with Crippen molar-refractivity contribution in [3.63, 3.8) is 0 Å². The molecule has 0 aliphatic carbocycles. The molecule has 0 unspecified atom stereocenters. The van der Waals surface area contributed by atoms with Crippen molar-refractivity contribution >= 4 is 62.4 Å². The smallest absolute Gasteiger partial charge is 0.337 e. The number of fused-ring (bicyclic) bond motifs is 1. The Labute approximate surface area is 259 Å². The van der Waals surface area contributed by atoms with Gasteiger partial charge in [0.1, 0.15) is 11.6 Å². The van der Waals surface area contributed by atoms with Crippen LogP contribution in [0, 0.1) is 12.7 Å². The second-order valence-corrected chi connectivity index (χ2v) is 12.2. The zero-order chi connectivity index (χ0) is 31.0. The minimum Gasteiger partial charge on any atom is -0.507 e. The number of thioether (sulfide) groups is 1. The lowest BCUT2D eigenvalue weighted by Crippen LogP contribution is -2.29. The van der Waals surface area contributed by atoms with Gasteiger partial charge in [-0.2, -0.15) is 0 Å².